The van der Waals surface area contributed by atoms with E-state index in [2.05, 4.69) is 11.0 Å². The molecule has 2 aliphatic heterocycles. The number of benzene rings is 1. The van der Waals surface area contributed by atoms with Crippen LogP contribution >= 0.6 is 0 Å². The maximum absolute atomic E-state index is 12.4. The normalized spacial score (nSPS) is 48.1. The van der Waals surface area contributed by atoms with Crippen LogP contribution in [0.25, 0.3) is 0 Å². The van der Waals surface area contributed by atoms with Crippen LogP contribution in [0.3, 0.4) is 0 Å². The second kappa shape index (κ2) is 4.88. The summed E-state index contributed by atoms with van der Waals surface area (Å²) in [5.41, 5.74) is 7.76. The Labute approximate surface area is 165 Å². The maximum Gasteiger partial charge on any atom is 0.165 e. The minimum Gasteiger partial charge on any atom is -0.504 e. The predicted molar refractivity (Wildman–Crippen MR) is 104 cm³/mol. The molecular formula is C23H30N2O3. The molecule has 0 radical (unpaired) electrons. The second-order valence-corrected chi connectivity index (χ2v) is 10.6. The molecular weight excluding hydrogens is 352 g/mol. The van der Waals surface area contributed by atoms with E-state index in [0.717, 1.165) is 63.1 Å². The minimum atomic E-state index is -0.780. The zero-order chi connectivity index (χ0) is 18.9. The number of hydrogen-bond acceptors (Lipinski definition) is 5. The van der Waals surface area contributed by atoms with Gasteiger partial charge < -0.3 is 20.7 Å². The summed E-state index contributed by atoms with van der Waals surface area (Å²) in [7, 11) is 0. The zero-order valence-electron chi connectivity index (χ0n) is 16.4. The van der Waals surface area contributed by atoms with Gasteiger partial charge >= 0.3 is 0 Å². The van der Waals surface area contributed by atoms with Crippen LogP contribution in [0.15, 0.2) is 12.1 Å². The van der Waals surface area contributed by atoms with E-state index in [1.807, 2.05) is 0 Å². The molecule has 2 spiro atoms. The largest absolute Gasteiger partial charge is 0.504 e. The standard InChI is InChI=1S/C23H30N2O3/c24-16-5-6-21(16)7-8-23(27)17-11-14-3-4-15(26)19-18(14)22(23,20(21)28-19)9-10-25(17)12-13-1-2-13/h3-4,13,16-17,20,26-27H,1-2,5-12,24H2/t16-,17+,20+,21+,22+,23-/m1/s1. The first-order valence-electron chi connectivity index (χ1n) is 11.2. The van der Waals surface area contributed by atoms with E-state index in [4.69, 9.17) is 10.5 Å². The van der Waals surface area contributed by atoms with E-state index in [1.165, 1.54) is 18.4 Å². The molecule has 1 aromatic rings. The van der Waals surface area contributed by atoms with E-state index in [0.29, 0.717) is 5.75 Å². The first-order valence-corrected chi connectivity index (χ1v) is 11.2. The summed E-state index contributed by atoms with van der Waals surface area (Å²) in [6, 6.07) is 4.17. The average molecular weight is 383 g/mol. The summed E-state index contributed by atoms with van der Waals surface area (Å²) in [5.74, 6) is 1.70. The number of hydrogen-bond donors (Lipinski definition) is 3. The lowest BCUT2D eigenvalue weighted by atomic mass is 9.40. The van der Waals surface area contributed by atoms with Crippen LogP contribution in [-0.2, 0) is 11.8 Å². The number of likely N-dealkylation sites (tertiary alicyclic amines) is 1. The zero-order valence-corrected chi connectivity index (χ0v) is 16.4. The summed E-state index contributed by atoms with van der Waals surface area (Å²) >= 11 is 0. The van der Waals surface area contributed by atoms with Gasteiger partial charge in [-0.05, 0) is 75.5 Å². The number of phenols is 1. The SMILES string of the molecule is N[C@@H]1CC[C@]12CC[C@@]1(O)[C@@H]3Cc4ccc(O)c5c4[C@@]1(CCN3CC1CC1)[C@H]2O5. The van der Waals surface area contributed by atoms with E-state index < -0.39 is 11.0 Å². The van der Waals surface area contributed by atoms with Crippen molar-refractivity contribution in [1.29, 1.82) is 0 Å². The van der Waals surface area contributed by atoms with E-state index in [9.17, 15) is 10.2 Å². The molecule has 7 rings (SSSR count). The molecule has 1 aromatic carbocycles. The van der Waals surface area contributed by atoms with Crippen molar-refractivity contribution in [3.8, 4) is 11.5 Å². The number of rotatable bonds is 2. The highest BCUT2D eigenvalue weighted by molar-refractivity contribution is 5.63. The fourth-order valence-corrected chi connectivity index (χ4v) is 7.96. The topological polar surface area (TPSA) is 79.0 Å². The predicted octanol–water partition coefficient (Wildman–Crippen LogP) is 2.06. The Morgan fingerprint density at radius 2 is 2.00 bits per heavy atom. The molecule has 4 fully saturated rings. The van der Waals surface area contributed by atoms with E-state index >= 15 is 0 Å². The third kappa shape index (κ3) is 1.61. The molecule has 4 N–H and O–H groups in total. The van der Waals surface area contributed by atoms with Crippen molar-refractivity contribution in [3.05, 3.63) is 23.3 Å². The maximum atomic E-state index is 12.4. The summed E-state index contributed by atoms with van der Waals surface area (Å²) in [6.07, 6.45) is 8.22. The van der Waals surface area contributed by atoms with Crippen molar-refractivity contribution in [1.82, 2.24) is 4.90 Å². The van der Waals surface area contributed by atoms with Crippen LogP contribution in [-0.4, -0.2) is 52.0 Å². The molecule has 150 valence electrons. The van der Waals surface area contributed by atoms with Crippen LogP contribution in [0.2, 0.25) is 0 Å². The van der Waals surface area contributed by atoms with Gasteiger partial charge in [0.2, 0.25) is 0 Å². The Morgan fingerprint density at radius 3 is 2.71 bits per heavy atom. The van der Waals surface area contributed by atoms with Gasteiger partial charge in [-0.3, -0.25) is 4.90 Å². The fraction of sp³-hybridized carbons (Fsp3) is 0.739. The van der Waals surface area contributed by atoms with Crippen LogP contribution in [0.5, 0.6) is 11.5 Å². The quantitative estimate of drug-likeness (QED) is 0.730. The lowest BCUT2D eigenvalue weighted by molar-refractivity contribution is -0.233. The number of phenolic OH excluding ortho intramolecular Hbond substituents is 1. The molecule has 0 unspecified atom stereocenters. The van der Waals surface area contributed by atoms with E-state index in [-0.39, 0.29) is 29.4 Å². The number of ether oxygens (including phenoxy) is 1. The van der Waals surface area contributed by atoms with Gasteiger partial charge in [0.1, 0.15) is 6.10 Å². The Balaban J connectivity index is 1.45. The van der Waals surface area contributed by atoms with Crippen LogP contribution in [0.4, 0.5) is 0 Å². The molecule has 3 saturated carbocycles. The number of fused-ring (bicyclic) bond motifs is 1. The minimum absolute atomic E-state index is 0.0461. The number of nitrogens with two attached hydrogens (primary N) is 1. The second-order valence-electron chi connectivity index (χ2n) is 10.6. The van der Waals surface area contributed by atoms with Crippen molar-refractivity contribution in [3.63, 3.8) is 0 Å². The lowest BCUT2D eigenvalue weighted by Gasteiger charge is -2.69. The molecule has 4 aliphatic carbocycles. The third-order valence-corrected chi connectivity index (χ3v) is 9.67. The van der Waals surface area contributed by atoms with Crippen LogP contribution in [0, 0.1) is 11.3 Å². The number of piperidine rings is 1. The van der Waals surface area contributed by atoms with E-state index in [1.54, 1.807) is 6.07 Å². The van der Waals surface area contributed by atoms with Gasteiger partial charge in [-0.2, -0.15) is 0 Å². The van der Waals surface area contributed by atoms with Crippen molar-refractivity contribution < 1.29 is 14.9 Å². The van der Waals surface area contributed by atoms with Crippen LogP contribution < -0.4 is 10.5 Å². The van der Waals surface area contributed by atoms with Gasteiger partial charge in [0.25, 0.3) is 0 Å². The molecule has 0 amide bonds. The molecule has 6 atom stereocenters. The lowest BCUT2D eigenvalue weighted by Crippen LogP contribution is -2.80. The number of nitrogens with zero attached hydrogens (tertiary/aromatic N) is 1. The molecule has 2 bridgehead atoms. The fourth-order valence-electron chi connectivity index (χ4n) is 7.96. The first-order chi connectivity index (χ1) is 13.5. The number of aliphatic hydroxyl groups is 1. The Kier molecular flexibility index (Phi) is 2.87. The molecule has 0 aromatic heterocycles. The highest BCUT2D eigenvalue weighted by Crippen LogP contribution is 2.71. The third-order valence-electron chi connectivity index (χ3n) is 9.67. The Morgan fingerprint density at radius 1 is 1.14 bits per heavy atom. The monoisotopic (exact) mass is 382 g/mol. The molecule has 6 aliphatic rings. The van der Waals surface area contributed by atoms with Gasteiger partial charge in [0.15, 0.2) is 11.5 Å². The van der Waals surface area contributed by atoms with Gasteiger partial charge in [-0.1, -0.05) is 6.07 Å². The number of aromatic hydroxyl groups is 1. The highest BCUT2D eigenvalue weighted by atomic mass is 16.5. The van der Waals surface area contributed by atoms with Gasteiger partial charge in [0, 0.05) is 29.6 Å². The van der Waals surface area contributed by atoms with Crippen LogP contribution in [0.1, 0.15) is 56.1 Å². The average Bonchev–Trinajstić information content (AvgIpc) is 3.42. The summed E-state index contributed by atoms with van der Waals surface area (Å²) in [6.45, 7) is 2.14. The van der Waals surface area contributed by atoms with Crippen molar-refractivity contribution in [2.75, 3.05) is 13.1 Å². The van der Waals surface area contributed by atoms with Crippen molar-refractivity contribution >= 4 is 0 Å². The Bertz CT molecular complexity index is 885. The summed E-state index contributed by atoms with van der Waals surface area (Å²) in [5, 5.41) is 23.0. The van der Waals surface area contributed by atoms with Crippen molar-refractivity contribution in [2.24, 2.45) is 17.1 Å². The molecule has 2 heterocycles. The van der Waals surface area contributed by atoms with Crippen molar-refractivity contribution in [2.45, 2.75) is 80.6 Å². The smallest absolute Gasteiger partial charge is 0.165 e. The highest BCUT2D eigenvalue weighted by Gasteiger charge is 2.77. The summed E-state index contributed by atoms with van der Waals surface area (Å²) in [4.78, 5) is 2.59. The molecule has 5 nitrogen and oxygen atoms in total. The van der Waals surface area contributed by atoms with Gasteiger partial charge in [0.05, 0.1) is 11.0 Å². The molecule has 5 heteroatoms. The summed E-state index contributed by atoms with van der Waals surface area (Å²) < 4.78 is 6.62. The van der Waals surface area contributed by atoms with Gasteiger partial charge in [-0.25, -0.2) is 0 Å². The van der Waals surface area contributed by atoms with Gasteiger partial charge in [-0.15, -0.1) is 0 Å². The Hall–Kier alpha value is -1.30. The molecule has 28 heavy (non-hydrogen) atoms. The first kappa shape index (κ1) is 16.5. The molecule has 1 saturated heterocycles.